The van der Waals surface area contributed by atoms with Crippen molar-refractivity contribution in [3.63, 3.8) is 0 Å². The minimum atomic E-state index is -4.78. The normalized spacial score (nSPS) is 30.7. The number of pyridine rings is 1. The minimum absolute atomic E-state index is 0.00942. The quantitative estimate of drug-likeness (QED) is 0.304. The summed E-state index contributed by atoms with van der Waals surface area (Å²) in [7, 11) is 0. The van der Waals surface area contributed by atoms with Crippen LogP contribution in [0.2, 0.25) is 0 Å². The number of aromatic nitrogens is 3. The molecule has 1 saturated carbocycles. The first-order chi connectivity index (χ1) is 20.9. The van der Waals surface area contributed by atoms with Crippen LogP contribution >= 0.6 is 0 Å². The number of benzene rings is 1. The van der Waals surface area contributed by atoms with Crippen LogP contribution < -0.4 is 25.4 Å². The van der Waals surface area contributed by atoms with Gasteiger partial charge in [0.15, 0.2) is 5.82 Å². The van der Waals surface area contributed by atoms with Gasteiger partial charge in [-0.1, -0.05) is 0 Å². The van der Waals surface area contributed by atoms with Gasteiger partial charge in [-0.15, -0.1) is 0 Å². The maximum Gasteiger partial charge on any atom is 0.417 e. The van der Waals surface area contributed by atoms with Crippen LogP contribution in [0.1, 0.15) is 56.6 Å². The molecule has 1 aliphatic carbocycles. The number of nitrogens with two attached hydrogens (primary N) is 1. The van der Waals surface area contributed by atoms with Crippen LogP contribution in [0.25, 0.3) is 22.2 Å². The van der Waals surface area contributed by atoms with E-state index in [0.29, 0.717) is 32.0 Å². The van der Waals surface area contributed by atoms with Crippen molar-refractivity contribution in [2.75, 3.05) is 37.0 Å². The lowest BCUT2D eigenvalue weighted by atomic mass is 9.89. The molecule has 0 radical (unpaired) electrons. The van der Waals surface area contributed by atoms with Crippen molar-refractivity contribution in [1.82, 2.24) is 20.3 Å². The minimum Gasteiger partial charge on any atom is -0.477 e. The number of nitrogen functional groups attached to an aromatic ring is 1. The molecule has 5 aliphatic rings. The summed E-state index contributed by atoms with van der Waals surface area (Å²) >= 11 is 0. The second-order valence-electron chi connectivity index (χ2n) is 13.5. The number of piperazine rings is 1. The molecule has 4 aliphatic heterocycles. The first-order valence-electron chi connectivity index (χ1n) is 15.2. The zero-order valence-corrected chi connectivity index (χ0v) is 24.6. The van der Waals surface area contributed by atoms with E-state index in [4.69, 9.17) is 24.9 Å². The van der Waals surface area contributed by atoms with E-state index < -0.39 is 28.8 Å². The van der Waals surface area contributed by atoms with Crippen molar-refractivity contribution in [1.29, 1.82) is 0 Å². The van der Waals surface area contributed by atoms with E-state index in [9.17, 15) is 13.2 Å². The molecular formula is C31H34F4N6O3. The maximum absolute atomic E-state index is 16.7. The molecule has 4 fully saturated rings. The summed E-state index contributed by atoms with van der Waals surface area (Å²) in [5.74, 6) is -0.593. The Labute approximate surface area is 251 Å². The fraction of sp³-hybridized carbons (Fsp3) is 0.581. The Hall–Kier alpha value is -3.45. The van der Waals surface area contributed by atoms with E-state index in [0.717, 1.165) is 38.2 Å². The lowest BCUT2D eigenvalue weighted by Gasteiger charge is -2.43. The second-order valence-corrected chi connectivity index (χ2v) is 13.5. The molecular weight excluding hydrogens is 580 g/mol. The molecule has 2 unspecified atom stereocenters. The Morgan fingerprint density at radius 2 is 2.00 bits per heavy atom. The Kier molecular flexibility index (Phi) is 6.07. The highest BCUT2D eigenvalue weighted by Gasteiger charge is 2.54. The molecule has 3 saturated heterocycles. The van der Waals surface area contributed by atoms with E-state index in [1.165, 1.54) is 13.0 Å². The lowest BCUT2D eigenvalue weighted by molar-refractivity contribution is -0.137. The van der Waals surface area contributed by atoms with Crippen molar-refractivity contribution >= 4 is 22.4 Å². The number of nitrogens with one attached hydrogen (secondary N) is 1. The topological polar surface area (TPSA) is 108 Å². The summed E-state index contributed by atoms with van der Waals surface area (Å²) < 4.78 is 78.1. The number of nitrogens with zero attached hydrogens (tertiary/aromatic N) is 4. The number of hydrogen-bond acceptors (Lipinski definition) is 9. The summed E-state index contributed by atoms with van der Waals surface area (Å²) in [6, 6.07) is 2.76. The highest BCUT2D eigenvalue weighted by molar-refractivity contribution is 5.97. The molecule has 13 heteroatoms. The number of halogens is 4. The average Bonchev–Trinajstić information content (AvgIpc) is 3.62. The van der Waals surface area contributed by atoms with E-state index in [2.05, 4.69) is 27.1 Å². The highest BCUT2D eigenvalue weighted by atomic mass is 19.4. The van der Waals surface area contributed by atoms with Gasteiger partial charge in [0, 0.05) is 47.8 Å². The van der Waals surface area contributed by atoms with Gasteiger partial charge in [0.25, 0.3) is 0 Å². The van der Waals surface area contributed by atoms with Gasteiger partial charge in [-0.05, 0) is 63.6 Å². The molecule has 3 N–H and O–H groups in total. The predicted octanol–water partition coefficient (Wildman–Crippen LogP) is 5.17. The Morgan fingerprint density at radius 3 is 2.73 bits per heavy atom. The third-order valence-electron chi connectivity index (χ3n) is 10.3. The monoisotopic (exact) mass is 614 g/mol. The summed E-state index contributed by atoms with van der Waals surface area (Å²) in [4.78, 5) is 15.9. The third-order valence-corrected chi connectivity index (χ3v) is 10.3. The Morgan fingerprint density at radius 1 is 1.16 bits per heavy atom. The molecule has 0 spiro atoms. The van der Waals surface area contributed by atoms with Gasteiger partial charge in [-0.2, -0.15) is 23.1 Å². The van der Waals surface area contributed by atoms with Crippen LogP contribution in [0.3, 0.4) is 0 Å². The summed E-state index contributed by atoms with van der Waals surface area (Å²) in [5.41, 5.74) is 3.34. The highest BCUT2D eigenvalue weighted by Crippen LogP contribution is 2.53. The molecule has 9 nitrogen and oxygen atoms in total. The van der Waals surface area contributed by atoms with Crippen LogP contribution in [0, 0.1) is 18.2 Å². The van der Waals surface area contributed by atoms with Crippen molar-refractivity contribution < 1.29 is 31.8 Å². The number of hydrogen-bond donors (Lipinski definition) is 2. The standard InChI is InChI=1S/C31H34F4N6O3/c1-15-9-16(36)10-18(22(15)31(33,34)35)24-23(32)25-21-26(40-28(39-25)43-13-30-7-6-29(2,12-30)44-14-30)41-11-17-3-4-19(37-17)20(41)5-8-42-27(21)38-24/h9-10,17,19-20,37H,3-8,11-14,36H2,1-2H3/t17-,19+,20-,29?,30?/m1/s1. The molecule has 44 heavy (non-hydrogen) atoms. The number of alkyl halides is 3. The zero-order chi connectivity index (χ0) is 30.6. The largest absolute Gasteiger partial charge is 0.477 e. The van der Waals surface area contributed by atoms with Crippen molar-refractivity contribution in [2.24, 2.45) is 5.41 Å². The Balaban J connectivity index is 1.32. The fourth-order valence-corrected chi connectivity index (χ4v) is 8.26. The molecule has 0 amide bonds. The van der Waals surface area contributed by atoms with Gasteiger partial charge in [-0.3, -0.25) is 0 Å². The third kappa shape index (κ3) is 4.37. The second kappa shape index (κ2) is 9.53. The number of fused-ring (bicyclic) bond motifs is 7. The summed E-state index contributed by atoms with van der Waals surface area (Å²) in [6.45, 7) is 5.13. The molecule has 8 rings (SSSR count). The first kappa shape index (κ1) is 28.1. The molecule has 2 aromatic heterocycles. The van der Waals surface area contributed by atoms with E-state index >= 15 is 4.39 Å². The van der Waals surface area contributed by atoms with Gasteiger partial charge in [0.2, 0.25) is 5.88 Å². The smallest absolute Gasteiger partial charge is 0.417 e. The summed E-state index contributed by atoms with van der Waals surface area (Å²) in [6.07, 6.45) is 0.561. The van der Waals surface area contributed by atoms with Crippen LogP contribution in [0.4, 0.5) is 29.1 Å². The van der Waals surface area contributed by atoms with Gasteiger partial charge >= 0.3 is 12.2 Å². The lowest BCUT2D eigenvalue weighted by Crippen LogP contribution is -2.59. The van der Waals surface area contributed by atoms with Crippen LogP contribution in [0.15, 0.2) is 12.1 Å². The van der Waals surface area contributed by atoms with Gasteiger partial charge in [-0.25, -0.2) is 9.37 Å². The molecule has 234 valence electrons. The van der Waals surface area contributed by atoms with E-state index in [1.807, 2.05) is 0 Å². The molecule has 3 aromatic rings. The number of aryl methyl sites for hydroxylation is 1. The number of rotatable bonds is 4. The fourth-order valence-electron chi connectivity index (χ4n) is 8.26. The van der Waals surface area contributed by atoms with E-state index in [-0.39, 0.29) is 69.8 Å². The molecule has 1 aromatic carbocycles. The van der Waals surface area contributed by atoms with Crippen molar-refractivity contribution in [2.45, 2.75) is 82.3 Å². The number of anilines is 2. The molecule has 5 atom stereocenters. The Bertz CT molecular complexity index is 1670. The SMILES string of the molecule is Cc1cc(N)cc(-c2nc3c4c(nc(OCC56CCC(C)(C5)OC6)nc4c2F)N2C[C@H]4CC[C@H](N4)[C@H]2CCO3)c1C(F)(F)F. The molecule has 4 bridgehead atoms. The van der Waals surface area contributed by atoms with Crippen LogP contribution in [0.5, 0.6) is 11.9 Å². The zero-order valence-electron chi connectivity index (χ0n) is 24.6. The van der Waals surface area contributed by atoms with Crippen molar-refractivity contribution in [3.05, 3.63) is 29.1 Å². The summed E-state index contributed by atoms with van der Waals surface area (Å²) in [5, 5.41) is 3.90. The maximum atomic E-state index is 16.7. The first-order valence-corrected chi connectivity index (χ1v) is 15.2. The average molecular weight is 615 g/mol. The van der Waals surface area contributed by atoms with Gasteiger partial charge in [0.1, 0.15) is 22.4 Å². The van der Waals surface area contributed by atoms with Gasteiger partial charge < -0.3 is 30.2 Å². The van der Waals surface area contributed by atoms with E-state index in [1.54, 1.807) is 0 Å². The van der Waals surface area contributed by atoms with Gasteiger partial charge in [0.05, 0.1) is 31.0 Å². The van der Waals surface area contributed by atoms with Crippen LogP contribution in [-0.4, -0.2) is 65.0 Å². The predicted molar refractivity (Wildman–Crippen MR) is 154 cm³/mol. The van der Waals surface area contributed by atoms with Crippen molar-refractivity contribution in [3.8, 4) is 23.1 Å². The number of ether oxygens (including phenoxy) is 3. The molecule has 6 heterocycles. The van der Waals surface area contributed by atoms with Crippen LogP contribution in [-0.2, 0) is 10.9 Å².